The van der Waals surface area contributed by atoms with E-state index < -0.39 is 0 Å². The van der Waals surface area contributed by atoms with Gasteiger partial charge in [0, 0.05) is 11.6 Å². The average Bonchev–Trinajstić information content (AvgIpc) is 3.22. The maximum absolute atomic E-state index is 6.03. The van der Waals surface area contributed by atoms with Crippen LogP contribution in [0.2, 0.25) is 5.02 Å². The maximum atomic E-state index is 6.03. The van der Waals surface area contributed by atoms with Gasteiger partial charge in [-0.2, -0.15) is 0 Å². The molecule has 3 heterocycles. The monoisotopic (exact) mass is 345 g/mol. The summed E-state index contributed by atoms with van der Waals surface area (Å²) in [4.78, 5) is 13.3. The lowest BCUT2D eigenvalue weighted by Gasteiger charge is -2.11. The lowest BCUT2D eigenvalue weighted by Crippen LogP contribution is -2.04. The second-order valence-corrected chi connectivity index (χ2v) is 7.22. The Labute approximate surface area is 143 Å². The zero-order valence-corrected chi connectivity index (χ0v) is 14.0. The molecule has 118 valence electrons. The molecule has 0 spiro atoms. The molecule has 3 aromatic rings. The molecule has 0 radical (unpaired) electrons. The van der Waals surface area contributed by atoms with Crippen LogP contribution in [0.4, 0.5) is 5.82 Å². The molecule has 2 aromatic heterocycles. The summed E-state index contributed by atoms with van der Waals surface area (Å²) in [5, 5.41) is 4.52. The number of hydrogen-bond acceptors (Lipinski definition) is 5. The van der Waals surface area contributed by atoms with Gasteiger partial charge in [-0.3, -0.25) is 0 Å². The molecule has 1 aliphatic rings. The van der Waals surface area contributed by atoms with Crippen molar-refractivity contribution in [1.82, 2.24) is 19.5 Å². The van der Waals surface area contributed by atoms with Crippen molar-refractivity contribution in [2.24, 2.45) is 0 Å². The van der Waals surface area contributed by atoms with E-state index in [-0.39, 0.29) is 0 Å². The van der Waals surface area contributed by atoms with Gasteiger partial charge in [-0.05, 0) is 36.3 Å². The zero-order valence-electron chi connectivity index (χ0n) is 12.4. The van der Waals surface area contributed by atoms with Crippen molar-refractivity contribution in [2.45, 2.75) is 24.8 Å². The van der Waals surface area contributed by atoms with Gasteiger partial charge in [0.25, 0.3) is 0 Å². The summed E-state index contributed by atoms with van der Waals surface area (Å²) in [6.07, 6.45) is 5.90. The highest BCUT2D eigenvalue weighted by Crippen LogP contribution is 2.37. The lowest BCUT2D eigenvalue weighted by molar-refractivity contribution is 0.654. The van der Waals surface area contributed by atoms with E-state index in [9.17, 15) is 0 Å². The van der Waals surface area contributed by atoms with E-state index in [0.717, 1.165) is 27.6 Å². The van der Waals surface area contributed by atoms with E-state index in [0.29, 0.717) is 11.9 Å². The largest absolute Gasteiger partial charge is 0.364 e. The predicted octanol–water partition coefficient (Wildman–Crippen LogP) is 4.12. The van der Waals surface area contributed by atoms with E-state index in [4.69, 9.17) is 11.6 Å². The number of anilines is 1. The minimum absolute atomic E-state index is 0.440. The van der Waals surface area contributed by atoms with E-state index in [1.165, 1.54) is 18.6 Å². The Balaban J connectivity index is 1.60. The Morgan fingerprint density at radius 1 is 1.30 bits per heavy atom. The molecule has 4 rings (SSSR count). The predicted molar refractivity (Wildman–Crippen MR) is 94.8 cm³/mol. The number of fused-ring (bicyclic) bond motifs is 1. The van der Waals surface area contributed by atoms with Crippen LogP contribution in [0.25, 0.3) is 11.2 Å². The molecule has 23 heavy (non-hydrogen) atoms. The second-order valence-electron chi connectivity index (χ2n) is 5.50. The number of nitrogens with one attached hydrogen (secondary N) is 1. The third kappa shape index (κ3) is 3.01. The third-order valence-corrected chi connectivity index (χ3v) is 5.53. The summed E-state index contributed by atoms with van der Waals surface area (Å²) in [6.45, 7) is 0.651. The fourth-order valence-electron chi connectivity index (χ4n) is 2.80. The van der Waals surface area contributed by atoms with E-state index in [1.54, 1.807) is 6.33 Å². The van der Waals surface area contributed by atoms with Crippen LogP contribution >= 0.6 is 23.4 Å². The van der Waals surface area contributed by atoms with Gasteiger partial charge in [0.05, 0.1) is 11.7 Å². The fourth-order valence-corrected chi connectivity index (χ4v) is 4.27. The number of hydrogen-bond donors (Lipinski definition) is 1. The highest BCUT2D eigenvalue weighted by molar-refractivity contribution is 7.99. The lowest BCUT2D eigenvalue weighted by atomic mass is 10.2. The van der Waals surface area contributed by atoms with Gasteiger partial charge < -0.3 is 9.88 Å². The van der Waals surface area contributed by atoms with Crippen LogP contribution in [-0.2, 0) is 6.54 Å². The topological polar surface area (TPSA) is 55.6 Å². The second kappa shape index (κ2) is 6.37. The average molecular weight is 346 g/mol. The summed E-state index contributed by atoms with van der Waals surface area (Å²) in [7, 11) is 0. The van der Waals surface area contributed by atoms with E-state index in [1.807, 2.05) is 42.4 Å². The Morgan fingerprint density at radius 3 is 3.09 bits per heavy atom. The van der Waals surface area contributed by atoms with Crippen LogP contribution in [0.5, 0.6) is 0 Å². The molecule has 1 saturated heterocycles. The molecular weight excluding hydrogens is 330 g/mol. The Bertz CT molecular complexity index is 828. The summed E-state index contributed by atoms with van der Waals surface area (Å²) in [5.74, 6) is 1.96. The molecule has 1 unspecified atom stereocenters. The Morgan fingerprint density at radius 2 is 2.26 bits per heavy atom. The molecule has 0 bridgehead atoms. The van der Waals surface area contributed by atoms with Crippen LogP contribution in [0.3, 0.4) is 0 Å². The third-order valence-electron chi connectivity index (χ3n) is 3.92. The van der Waals surface area contributed by atoms with Crippen molar-refractivity contribution < 1.29 is 0 Å². The molecule has 1 atom stereocenters. The summed E-state index contributed by atoms with van der Waals surface area (Å²) in [5.41, 5.74) is 2.82. The van der Waals surface area contributed by atoms with Crippen molar-refractivity contribution in [3.8, 4) is 0 Å². The van der Waals surface area contributed by atoms with Gasteiger partial charge in [0.15, 0.2) is 11.5 Å². The standard InChI is InChI=1S/C16H16ClN5S/c17-12-4-1-3-11(7-12)8-18-15-14-16(20-9-19-15)22(10-21-14)13-5-2-6-23-13/h1,3-4,7,9-10,13H,2,5-6,8H2,(H,18,19,20). The number of thioether (sulfide) groups is 1. The van der Waals surface area contributed by atoms with Crippen molar-refractivity contribution >= 4 is 40.3 Å². The van der Waals surface area contributed by atoms with Gasteiger partial charge in [0.1, 0.15) is 11.8 Å². The van der Waals surface area contributed by atoms with Gasteiger partial charge in [-0.1, -0.05) is 23.7 Å². The number of aromatic nitrogens is 4. The fraction of sp³-hybridized carbons (Fsp3) is 0.312. The number of nitrogens with zero attached hydrogens (tertiary/aromatic N) is 4. The first-order valence-electron chi connectivity index (χ1n) is 7.59. The number of imidazole rings is 1. The van der Waals surface area contributed by atoms with Gasteiger partial charge >= 0.3 is 0 Å². The molecule has 7 heteroatoms. The molecule has 5 nitrogen and oxygen atoms in total. The number of halogens is 1. The first-order chi connectivity index (χ1) is 11.3. The van der Waals surface area contributed by atoms with E-state index in [2.05, 4.69) is 24.8 Å². The SMILES string of the molecule is Clc1cccc(CNc2ncnc3c2ncn3C2CCCS2)c1. The van der Waals surface area contributed by atoms with E-state index >= 15 is 0 Å². The molecule has 1 N–H and O–H groups in total. The summed E-state index contributed by atoms with van der Waals surface area (Å²) in [6, 6.07) is 7.79. The molecule has 1 aromatic carbocycles. The highest BCUT2D eigenvalue weighted by atomic mass is 35.5. The molecule has 1 fully saturated rings. The molecule has 0 amide bonds. The number of rotatable bonds is 4. The minimum atomic E-state index is 0.440. The van der Waals surface area contributed by atoms with Crippen LogP contribution in [0.1, 0.15) is 23.8 Å². The summed E-state index contributed by atoms with van der Waals surface area (Å²) >= 11 is 7.99. The normalized spacial score (nSPS) is 17.7. The van der Waals surface area contributed by atoms with Crippen LogP contribution in [0, 0.1) is 0 Å². The minimum Gasteiger partial charge on any atom is -0.364 e. The Hall–Kier alpha value is -1.79. The quantitative estimate of drug-likeness (QED) is 0.770. The van der Waals surface area contributed by atoms with Crippen LogP contribution < -0.4 is 5.32 Å². The van der Waals surface area contributed by atoms with Gasteiger partial charge in [-0.15, -0.1) is 11.8 Å². The molecule has 0 saturated carbocycles. The van der Waals surface area contributed by atoms with Crippen molar-refractivity contribution in [1.29, 1.82) is 0 Å². The molecule has 1 aliphatic heterocycles. The van der Waals surface area contributed by atoms with Gasteiger partial charge in [-0.25, -0.2) is 15.0 Å². The Kier molecular flexibility index (Phi) is 4.10. The van der Waals surface area contributed by atoms with Gasteiger partial charge in [0.2, 0.25) is 0 Å². The van der Waals surface area contributed by atoms with Crippen molar-refractivity contribution in [3.63, 3.8) is 0 Å². The van der Waals surface area contributed by atoms with Crippen molar-refractivity contribution in [3.05, 3.63) is 47.5 Å². The summed E-state index contributed by atoms with van der Waals surface area (Å²) < 4.78 is 2.17. The zero-order chi connectivity index (χ0) is 15.6. The molecular formula is C16H16ClN5S. The first kappa shape index (κ1) is 14.8. The van der Waals surface area contributed by atoms with Crippen LogP contribution in [-0.4, -0.2) is 25.3 Å². The number of benzene rings is 1. The van der Waals surface area contributed by atoms with Crippen molar-refractivity contribution in [2.75, 3.05) is 11.1 Å². The molecule has 0 aliphatic carbocycles. The smallest absolute Gasteiger partial charge is 0.166 e. The highest BCUT2D eigenvalue weighted by Gasteiger charge is 2.21. The maximum Gasteiger partial charge on any atom is 0.166 e. The van der Waals surface area contributed by atoms with Crippen LogP contribution in [0.15, 0.2) is 36.9 Å². The first-order valence-corrected chi connectivity index (χ1v) is 9.01.